The second-order valence-corrected chi connectivity index (χ2v) is 12.4. The number of benzene rings is 1. The lowest BCUT2D eigenvalue weighted by atomic mass is 10.1. The van der Waals surface area contributed by atoms with E-state index in [1.807, 2.05) is 19.1 Å². The van der Waals surface area contributed by atoms with E-state index >= 15 is 0 Å². The van der Waals surface area contributed by atoms with Crippen molar-refractivity contribution < 1.29 is 13.2 Å². The average molecular weight is 538 g/mol. The maximum absolute atomic E-state index is 12.2. The van der Waals surface area contributed by atoms with Crippen molar-refractivity contribution in [3.05, 3.63) is 57.3 Å². The molecular formula is C22H28ClN7O3S2. The quantitative estimate of drug-likeness (QED) is 0.399. The summed E-state index contributed by atoms with van der Waals surface area (Å²) >= 11 is 7.82. The number of hydrogen-bond acceptors (Lipinski definition) is 9. The predicted molar refractivity (Wildman–Crippen MR) is 139 cm³/mol. The molecule has 3 heterocycles. The van der Waals surface area contributed by atoms with E-state index in [2.05, 4.69) is 25.9 Å². The first-order chi connectivity index (χ1) is 16.5. The van der Waals surface area contributed by atoms with Crippen molar-refractivity contribution in [3.63, 3.8) is 0 Å². The summed E-state index contributed by atoms with van der Waals surface area (Å²) in [5, 5.41) is 10.5. The Morgan fingerprint density at radius 3 is 2.74 bits per heavy atom. The van der Waals surface area contributed by atoms with Crippen LogP contribution in [0.2, 0.25) is 5.02 Å². The standard InChI is InChI=1S/C22H28ClN7O3S2/c1-4-35(32,33)30-9-8-15(12-30)28-18-10-19(27-14(3)26-18)29-22(25-11-17(34-22)21(24)31)20-13(2)6-5-7-16(20)23/h5-7,10-11,15,25H,4,8-9,12H2,1-3H3,(H2,24,31)(H2,26,27,28,29). The molecule has 1 aromatic heterocycles. The smallest absolute Gasteiger partial charge is 0.256 e. The molecule has 0 aliphatic carbocycles. The Kier molecular flexibility index (Phi) is 7.18. The summed E-state index contributed by atoms with van der Waals surface area (Å²) < 4.78 is 25.9. The van der Waals surface area contributed by atoms with Crippen molar-refractivity contribution in [2.45, 2.75) is 38.2 Å². The fourth-order valence-electron chi connectivity index (χ4n) is 4.21. The third-order valence-corrected chi connectivity index (χ3v) is 9.32. The van der Waals surface area contributed by atoms with Gasteiger partial charge in [0.1, 0.15) is 17.5 Å². The predicted octanol–water partition coefficient (Wildman–Crippen LogP) is 2.47. The molecule has 2 aliphatic rings. The maximum Gasteiger partial charge on any atom is 0.256 e. The third-order valence-electron chi connectivity index (χ3n) is 5.89. The fourth-order valence-corrected chi connectivity index (χ4v) is 6.98. The van der Waals surface area contributed by atoms with Crippen LogP contribution in [0.4, 0.5) is 11.6 Å². The molecule has 4 rings (SSSR count). The molecule has 2 aliphatic heterocycles. The van der Waals surface area contributed by atoms with Gasteiger partial charge in [-0.05, 0) is 38.8 Å². The largest absolute Gasteiger partial charge is 0.366 e. The highest BCUT2D eigenvalue weighted by atomic mass is 35.5. The van der Waals surface area contributed by atoms with Gasteiger partial charge in [-0.25, -0.2) is 18.4 Å². The highest BCUT2D eigenvalue weighted by molar-refractivity contribution is 8.05. The van der Waals surface area contributed by atoms with E-state index < -0.39 is 20.9 Å². The molecule has 35 heavy (non-hydrogen) atoms. The van der Waals surface area contributed by atoms with E-state index in [1.165, 1.54) is 16.1 Å². The molecule has 0 bridgehead atoms. The Hall–Kier alpha value is -2.54. The van der Waals surface area contributed by atoms with Crippen LogP contribution < -0.4 is 21.7 Å². The van der Waals surface area contributed by atoms with Gasteiger partial charge in [0, 0.05) is 42.0 Å². The van der Waals surface area contributed by atoms with Gasteiger partial charge < -0.3 is 21.7 Å². The van der Waals surface area contributed by atoms with Gasteiger partial charge in [0.25, 0.3) is 5.91 Å². The number of sulfonamides is 1. The second kappa shape index (κ2) is 9.84. The molecule has 188 valence electrons. The number of aromatic nitrogens is 2. The lowest BCUT2D eigenvalue weighted by Crippen LogP contribution is -2.42. The van der Waals surface area contributed by atoms with Gasteiger partial charge in [0.15, 0.2) is 4.99 Å². The number of amides is 1. The average Bonchev–Trinajstić information content (AvgIpc) is 3.42. The van der Waals surface area contributed by atoms with Gasteiger partial charge in [0.2, 0.25) is 10.0 Å². The van der Waals surface area contributed by atoms with Gasteiger partial charge in [0.05, 0.1) is 10.7 Å². The van der Waals surface area contributed by atoms with Crippen LogP contribution in [0.25, 0.3) is 0 Å². The zero-order valence-corrected chi connectivity index (χ0v) is 22.0. The topological polar surface area (TPSA) is 142 Å². The molecule has 10 nitrogen and oxygen atoms in total. The number of nitrogens with one attached hydrogen (secondary N) is 3. The van der Waals surface area contributed by atoms with Crippen molar-refractivity contribution in [3.8, 4) is 0 Å². The Bertz CT molecular complexity index is 1270. The maximum atomic E-state index is 12.2. The molecule has 0 radical (unpaired) electrons. The molecule has 2 aromatic rings. The summed E-state index contributed by atoms with van der Waals surface area (Å²) in [4.78, 5) is 20.3. The Morgan fingerprint density at radius 2 is 2.09 bits per heavy atom. The van der Waals surface area contributed by atoms with Crippen LogP contribution in [0.5, 0.6) is 0 Å². The number of halogens is 1. The first kappa shape index (κ1) is 25.5. The summed E-state index contributed by atoms with van der Waals surface area (Å²) in [5.74, 6) is 1.11. The van der Waals surface area contributed by atoms with Gasteiger partial charge in [-0.3, -0.25) is 4.79 Å². The van der Waals surface area contributed by atoms with Crippen LogP contribution in [0.1, 0.15) is 30.3 Å². The molecule has 1 saturated heterocycles. The number of anilines is 2. The van der Waals surface area contributed by atoms with E-state index in [-0.39, 0.29) is 11.8 Å². The van der Waals surface area contributed by atoms with E-state index in [1.54, 1.807) is 32.2 Å². The number of carbonyl (C=O) groups excluding carboxylic acids is 1. The van der Waals surface area contributed by atoms with Gasteiger partial charge in [-0.1, -0.05) is 35.5 Å². The zero-order valence-electron chi connectivity index (χ0n) is 19.6. The number of carbonyl (C=O) groups is 1. The highest BCUT2D eigenvalue weighted by Crippen LogP contribution is 2.46. The minimum Gasteiger partial charge on any atom is -0.366 e. The molecule has 2 atom stereocenters. The lowest BCUT2D eigenvalue weighted by molar-refractivity contribution is -0.113. The Balaban J connectivity index is 1.61. The Labute approximate surface area is 214 Å². The number of aryl methyl sites for hydroxylation is 2. The Morgan fingerprint density at radius 1 is 1.34 bits per heavy atom. The van der Waals surface area contributed by atoms with Gasteiger partial charge in [-0.2, -0.15) is 4.31 Å². The summed E-state index contributed by atoms with van der Waals surface area (Å²) in [6.45, 7) is 6.21. The first-order valence-electron chi connectivity index (χ1n) is 11.1. The van der Waals surface area contributed by atoms with E-state index in [4.69, 9.17) is 17.3 Å². The number of primary amides is 1. The third kappa shape index (κ3) is 5.35. The van der Waals surface area contributed by atoms with Crippen LogP contribution in [-0.4, -0.2) is 53.5 Å². The normalized spacial score (nSPS) is 22.5. The molecule has 1 fully saturated rings. The first-order valence-corrected chi connectivity index (χ1v) is 13.9. The summed E-state index contributed by atoms with van der Waals surface area (Å²) in [6.07, 6.45) is 2.24. The van der Waals surface area contributed by atoms with Gasteiger partial charge in [-0.15, -0.1) is 0 Å². The number of nitrogens with zero attached hydrogens (tertiary/aromatic N) is 3. The van der Waals surface area contributed by atoms with E-state index in [9.17, 15) is 13.2 Å². The molecule has 1 amide bonds. The molecular weight excluding hydrogens is 510 g/mol. The number of thioether (sulfide) groups is 1. The SMILES string of the molecule is CCS(=O)(=O)N1CCC(Nc2cc(NC3(c4c(C)cccc4Cl)NC=C(C(N)=O)S3)nc(C)n2)C1. The van der Waals surface area contributed by atoms with Crippen molar-refractivity contribution in [2.75, 3.05) is 29.5 Å². The number of hydrogen-bond donors (Lipinski definition) is 4. The monoisotopic (exact) mass is 537 g/mol. The molecule has 2 unspecified atom stereocenters. The second-order valence-electron chi connectivity index (χ2n) is 8.43. The summed E-state index contributed by atoms with van der Waals surface area (Å²) in [7, 11) is -3.23. The van der Waals surface area contributed by atoms with Crippen LogP contribution in [-0.2, 0) is 19.8 Å². The van der Waals surface area contributed by atoms with Crippen LogP contribution >= 0.6 is 23.4 Å². The fraction of sp³-hybridized carbons (Fsp3) is 0.409. The van der Waals surface area contributed by atoms with Crippen molar-refractivity contribution >= 4 is 50.9 Å². The molecule has 13 heteroatoms. The molecule has 5 N–H and O–H groups in total. The zero-order chi connectivity index (χ0) is 25.4. The van der Waals surface area contributed by atoms with Crippen LogP contribution in [0, 0.1) is 13.8 Å². The van der Waals surface area contributed by atoms with E-state index in [0.717, 1.165) is 11.1 Å². The van der Waals surface area contributed by atoms with Crippen LogP contribution in [0.3, 0.4) is 0 Å². The van der Waals surface area contributed by atoms with Crippen molar-refractivity contribution in [1.82, 2.24) is 19.6 Å². The van der Waals surface area contributed by atoms with E-state index in [0.29, 0.717) is 46.9 Å². The minimum atomic E-state index is -3.23. The summed E-state index contributed by atoms with van der Waals surface area (Å²) in [6, 6.07) is 7.26. The summed E-state index contributed by atoms with van der Waals surface area (Å²) in [5.41, 5.74) is 7.21. The van der Waals surface area contributed by atoms with Gasteiger partial charge >= 0.3 is 0 Å². The van der Waals surface area contributed by atoms with Crippen molar-refractivity contribution in [1.29, 1.82) is 0 Å². The van der Waals surface area contributed by atoms with Crippen molar-refractivity contribution in [2.24, 2.45) is 5.73 Å². The number of rotatable bonds is 8. The molecule has 0 saturated carbocycles. The highest BCUT2D eigenvalue weighted by Gasteiger charge is 2.42. The lowest BCUT2D eigenvalue weighted by Gasteiger charge is -2.33. The minimum absolute atomic E-state index is 0.0691. The number of nitrogens with two attached hydrogens (primary N) is 1. The van der Waals surface area contributed by atoms with Crippen LogP contribution in [0.15, 0.2) is 35.4 Å². The molecule has 0 spiro atoms. The molecule has 1 aromatic carbocycles.